The first-order valence-corrected chi connectivity index (χ1v) is 5.28. The first-order chi connectivity index (χ1) is 7.59. The molecule has 1 saturated heterocycles. The van der Waals surface area contributed by atoms with E-state index in [2.05, 4.69) is 5.32 Å². The number of amides is 1. The van der Waals surface area contributed by atoms with E-state index in [1.807, 2.05) is 6.92 Å². The Hall–Kier alpha value is -1.55. The summed E-state index contributed by atoms with van der Waals surface area (Å²) in [4.78, 5) is 11.9. The van der Waals surface area contributed by atoms with Crippen LogP contribution in [0.25, 0.3) is 0 Å². The lowest BCUT2D eigenvalue weighted by molar-refractivity contribution is 0.0889. The lowest BCUT2D eigenvalue weighted by Crippen LogP contribution is -2.46. The number of ether oxygens (including phenoxy) is 1. The van der Waals surface area contributed by atoms with E-state index in [0.29, 0.717) is 18.8 Å². The molecule has 4 heteroatoms. The average molecular weight is 221 g/mol. The maximum Gasteiger partial charge on any atom is 0.251 e. The molecule has 0 aromatic heterocycles. The molecule has 4 nitrogen and oxygen atoms in total. The minimum Gasteiger partial charge on any atom is -0.508 e. The Morgan fingerprint density at radius 1 is 1.56 bits per heavy atom. The van der Waals surface area contributed by atoms with Crippen LogP contribution in [-0.4, -0.2) is 29.8 Å². The Morgan fingerprint density at radius 2 is 2.38 bits per heavy atom. The SMILES string of the molecule is CC1(NC(=O)c2cccc(O)c2)CCOC1. The monoisotopic (exact) mass is 221 g/mol. The third-order valence-corrected chi connectivity index (χ3v) is 2.74. The minimum absolute atomic E-state index is 0.0977. The zero-order chi connectivity index (χ0) is 11.6. The van der Waals surface area contributed by atoms with Gasteiger partial charge in [-0.15, -0.1) is 0 Å². The van der Waals surface area contributed by atoms with Crippen LogP contribution in [0.1, 0.15) is 23.7 Å². The standard InChI is InChI=1S/C12H15NO3/c1-12(5-6-16-8-12)13-11(15)9-3-2-4-10(14)7-9/h2-4,7,14H,5-6,8H2,1H3,(H,13,15). The predicted octanol–water partition coefficient (Wildman–Crippen LogP) is 1.30. The van der Waals surface area contributed by atoms with E-state index in [-0.39, 0.29) is 17.2 Å². The van der Waals surface area contributed by atoms with Gasteiger partial charge in [-0.1, -0.05) is 6.07 Å². The van der Waals surface area contributed by atoms with Gasteiger partial charge in [-0.3, -0.25) is 4.79 Å². The van der Waals surface area contributed by atoms with E-state index in [4.69, 9.17) is 4.74 Å². The predicted molar refractivity (Wildman–Crippen MR) is 59.4 cm³/mol. The molecule has 0 saturated carbocycles. The third-order valence-electron chi connectivity index (χ3n) is 2.74. The van der Waals surface area contributed by atoms with Crippen LogP contribution in [-0.2, 0) is 4.74 Å². The summed E-state index contributed by atoms with van der Waals surface area (Å²) < 4.78 is 5.26. The van der Waals surface area contributed by atoms with Crippen LogP contribution >= 0.6 is 0 Å². The molecular formula is C12H15NO3. The maximum absolute atomic E-state index is 11.9. The molecule has 1 heterocycles. The molecule has 1 amide bonds. The maximum atomic E-state index is 11.9. The summed E-state index contributed by atoms with van der Waals surface area (Å²) in [5.41, 5.74) is 0.177. The molecule has 1 aliphatic rings. The van der Waals surface area contributed by atoms with E-state index in [1.54, 1.807) is 12.1 Å². The van der Waals surface area contributed by atoms with Gasteiger partial charge in [0, 0.05) is 12.2 Å². The average Bonchev–Trinajstić information content (AvgIpc) is 2.65. The zero-order valence-corrected chi connectivity index (χ0v) is 9.19. The highest BCUT2D eigenvalue weighted by Crippen LogP contribution is 2.19. The fourth-order valence-corrected chi connectivity index (χ4v) is 1.76. The largest absolute Gasteiger partial charge is 0.508 e. The molecule has 1 aromatic rings. The second-order valence-corrected chi connectivity index (χ2v) is 4.37. The fourth-order valence-electron chi connectivity index (χ4n) is 1.76. The molecule has 1 unspecified atom stereocenters. The van der Waals surface area contributed by atoms with Crippen molar-refractivity contribution in [1.82, 2.24) is 5.32 Å². The molecule has 1 atom stereocenters. The number of nitrogens with one attached hydrogen (secondary N) is 1. The Balaban J connectivity index is 2.08. The van der Waals surface area contributed by atoms with Crippen molar-refractivity contribution >= 4 is 5.91 Å². The van der Waals surface area contributed by atoms with Gasteiger partial charge >= 0.3 is 0 Å². The fraction of sp³-hybridized carbons (Fsp3) is 0.417. The molecule has 2 rings (SSSR count). The smallest absolute Gasteiger partial charge is 0.251 e. The molecule has 0 radical (unpaired) electrons. The van der Waals surface area contributed by atoms with Gasteiger partial charge in [0.25, 0.3) is 5.91 Å². The van der Waals surface area contributed by atoms with Gasteiger partial charge in [0.05, 0.1) is 12.1 Å². The van der Waals surface area contributed by atoms with Crippen molar-refractivity contribution in [3.8, 4) is 5.75 Å². The van der Waals surface area contributed by atoms with Crippen LogP contribution in [0.2, 0.25) is 0 Å². The molecule has 86 valence electrons. The highest BCUT2D eigenvalue weighted by molar-refractivity contribution is 5.95. The summed E-state index contributed by atoms with van der Waals surface area (Å²) >= 11 is 0. The van der Waals surface area contributed by atoms with Crippen molar-refractivity contribution in [1.29, 1.82) is 0 Å². The van der Waals surface area contributed by atoms with E-state index < -0.39 is 0 Å². The first-order valence-electron chi connectivity index (χ1n) is 5.28. The van der Waals surface area contributed by atoms with Gasteiger partial charge in [-0.25, -0.2) is 0 Å². The van der Waals surface area contributed by atoms with Crippen molar-refractivity contribution in [2.24, 2.45) is 0 Å². The van der Waals surface area contributed by atoms with Gasteiger partial charge in [-0.05, 0) is 31.5 Å². The number of hydrogen-bond acceptors (Lipinski definition) is 3. The summed E-state index contributed by atoms with van der Waals surface area (Å²) in [6, 6.07) is 6.32. The zero-order valence-electron chi connectivity index (χ0n) is 9.19. The summed E-state index contributed by atoms with van der Waals surface area (Å²) in [6.07, 6.45) is 0.817. The first kappa shape index (κ1) is 11.0. The van der Waals surface area contributed by atoms with Crippen LogP contribution in [0.4, 0.5) is 0 Å². The lowest BCUT2D eigenvalue weighted by Gasteiger charge is -2.23. The Kier molecular flexibility index (Phi) is 2.83. The highest BCUT2D eigenvalue weighted by atomic mass is 16.5. The number of aromatic hydroxyl groups is 1. The lowest BCUT2D eigenvalue weighted by atomic mass is 10.0. The van der Waals surface area contributed by atoms with E-state index in [1.165, 1.54) is 12.1 Å². The second kappa shape index (κ2) is 4.14. The van der Waals surface area contributed by atoms with Crippen LogP contribution in [0.5, 0.6) is 5.75 Å². The highest BCUT2D eigenvalue weighted by Gasteiger charge is 2.31. The van der Waals surface area contributed by atoms with E-state index >= 15 is 0 Å². The second-order valence-electron chi connectivity index (χ2n) is 4.37. The number of hydrogen-bond donors (Lipinski definition) is 2. The molecule has 0 bridgehead atoms. The Morgan fingerprint density at radius 3 is 3.00 bits per heavy atom. The minimum atomic E-state index is -0.289. The quantitative estimate of drug-likeness (QED) is 0.791. The van der Waals surface area contributed by atoms with Crippen molar-refractivity contribution < 1.29 is 14.6 Å². The molecule has 0 aliphatic carbocycles. The number of benzene rings is 1. The number of carbonyl (C=O) groups is 1. The van der Waals surface area contributed by atoms with Crippen LogP contribution < -0.4 is 5.32 Å². The normalized spacial score (nSPS) is 24.3. The van der Waals surface area contributed by atoms with Crippen molar-refractivity contribution in [2.75, 3.05) is 13.2 Å². The molecule has 1 aliphatic heterocycles. The molecule has 16 heavy (non-hydrogen) atoms. The van der Waals surface area contributed by atoms with Gasteiger partial charge in [0.15, 0.2) is 0 Å². The van der Waals surface area contributed by atoms with E-state index in [0.717, 1.165) is 6.42 Å². The molecule has 1 aromatic carbocycles. The van der Waals surface area contributed by atoms with Gasteiger partial charge < -0.3 is 15.2 Å². The molecule has 2 N–H and O–H groups in total. The number of rotatable bonds is 2. The number of phenols is 1. The summed E-state index contributed by atoms with van der Waals surface area (Å²) in [5.74, 6) is -0.0793. The van der Waals surface area contributed by atoms with Crippen LogP contribution in [0.15, 0.2) is 24.3 Å². The van der Waals surface area contributed by atoms with Gasteiger partial charge in [0.1, 0.15) is 5.75 Å². The molecule has 0 spiro atoms. The topological polar surface area (TPSA) is 58.6 Å². The Labute approximate surface area is 94.2 Å². The van der Waals surface area contributed by atoms with Crippen molar-refractivity contribution in [2.45, 2.75) is 18.9 Å². The van der Waals surface area contributed by atoms with Crippen LogP contribution in [0, 0.1) is 0 Å². The molecule has 1 fully saturated rings. The summed E-state index contributed by atoms with van der Waals surface area (Å²) in [7, 11) is 0. The number of phenolic OH excluding ortho intramolecular Hbond substituents is 1. The number of carbonyl (C=O) groups excluding carboxylic acids is 1. The Bertz CT molecular complexity index is 397. The van der Waals surface area contributed by atoms with Crippen molar-refractivity contribution in [3.05, 3.63) is 29.8 Å². The summed E-state index contributed by atoms with van der Waals surface area (Å²) in [6.45, 7) is 3.18. The van der Waals surface area contributed by atoms with E-state index in [9.17, 15) is 9.90 Å². The van der Waals surface area contributed by atoms with Crippen LogP contribution in [0.3, 0.4) is 0 Å². The van der Waals surface area contributed by atoms with Gasteiger partial charge in [-0.2, -0.15) is 0 Å². The molecular weight excluding hydrogens is 206 g/mol. The van der Waals surface area contributed by atoms with Crippen molar-refractivity contribution in [3.63, 3.8) is 0 Å². The summed E-state index contributed by atoms with van der Waals surface area (Å²) in [5, 5.41) is 12.2. The third kappa shape index (κ3) is 2.33. The van der Waals surface area contributed by atoms with Gasteiger partial charge in [0.2, 0.25) is 0 Å².